The number of rotatable bonds is 2. The number of nitrogens with two attached hydrogens (primary N) is 2. The van der Waals surface area contributed by atoms with Gasteiger partial charge in [0.2, 0.25) is 0 Å². The summed E-state index contributed by atoms with van der Waals surface area (Å²) in [6.07, 6.45) is 1.30. The Bertz CT molecular complexity index is 596. The molecule has 0 atom stereocenters. The Morgan fingerprint density at radius 2 is 2.18 bits per heavy atom. The van der Waals surface area contributed by atoms with Crippen molar-refractivity contribution in [2.45, 2.75) is 0 Å². The highest BCUT2D eigenvalue weighted by Gasteiger charge is 2.15. The van der Waals surface area contributed by atoms with E-state index in [1.54, 1.807) is 6.07 Å². The van der Waals surface area contributed by atoms with E-state index in [0.29, 0.717) is 0 Å². The quantitative estimate of drug-likeness (QED) is 0.848. The third-order valence-corrected chi connectivity index (χ3v) is 2.45. The van der Waals surface area contributed by atoms with E-state index in [1.807, 2.05) is 0 Å². The van der Waals surface area contributed by atoms with Crippen molar-refractivity contribution >= 4 is 23.2 Å². The number of hydrogen-bond donors (Lipinski definition) is 2. The number of primary amides is 1. The van der Waals surface area contributed by atoms with Crippen molar-refractivity contribution in [3.05, 3.63) is 40.9 Å². The monoisotopic (exact) mass is 254 g/mol. The number of anilines is 1. The Labute approximate surface area is 101 Å². The zero-order chi connectivity index (χ0) is 12.6. The van der Waals surface area contributed by atoms with Gasteiger partial charge in [-0.2, -0.15) is 5.10 Å². The lowest BCUT2D eigenvalue weighted by Crippen LogP contribution is -2.14. The van der Waals surface area contributed by atoms with Gasteiger partial charge in [0.1, 0.15) is 5.69 Å². The summed E-state index contributed by atoms with van der Waals surface area (Å²) in [6.45, 7) is 0. The van der Waals surface area contributed by atoms with Crippen LogP contribution >= 0.6 is 11.6 Å². The molecule has 0 saturated heterocycles. The third kappa shape index (κ3) is 1.94. The standard InChI is InChI=1S/C10H8ClFN4O/c11-5-2-1-3-7(8(5)12)16-4-6(13)9(15-16)10(14)17/h1-4H,13H2,(H2,14,17). The van der Waals surface area contributed by atoms with E-state index in [1.165, 1.54) is 18.3 Å². The predicted octanol–water partition coefficient (Wildman–Crippen LogP) is 1.35. The second-order valence-corrected chi connectivity index (χ2v) is 3.72. The van der Waals surface area contributed by atoms with Crippen LogP contribution in [0.1, 0.15) is 10.5 Å². The van der Waals surface area contributed by atoms with Crippen LogP contribution < -0.4 is 11.5 Å². The number of benzene rings is 1. The SMILES string of the molecule is NC(=O)c1nn(-c2cccc(Cl)c2F)cc1N. The summed E-state index contributed by atoms with van der Waals surface area (Å²) in [6, 6.07) is 4.42. The fraction of sp³-hybridized carbons (Fsp3) is 0. The molecule has 2 aromatic rings. The fourth-order valence-corrected chi connectivity index (χ4v) is 1.54. The van der Waals surface area contributed by atoms with Gasteiger partial charge in [-0.1, -0.05) is 17.7 Å². The number of hydrogen-bond acceptors (Lipinski definition) is 3. The normalized spacial score (nSPS) is 10.5. The maximum Gasteiger partial charge on any atom is 0.271 e. The number of amides is 1. The molecular weight excluding hydrogens is 247 g/mol. The second-order valence-electron chi connectivity index (χ2n) is 3.31. The summed E-state index contributed by atoms with van der Waals surface area (Å²) in [5, 5.41) is 3.76. The molecule has 7 heteroatoms. The van der Waals surface area contributed by atoms with E-state index >= 15 is 0 Å². The first-order valence-corrected chi connectivity index (χ1v) is 4.98. The van der Waals surface area contributed by atoms with Crippen molar-refractivity contribution < 1.29 is 9.18 Å². The predicted molar refractivity (Wildman–Crippen MR) is 61.5 cm³/mol. The molecule has 0 spiro atoms. The minimum absolute atomic E-state index is 0.0443. The van der Waals surface area contributed by atoms with Crippen LogP contribution in [-0.2, 0) is 0 Å². The number of aromatic nitrogens is 2. The van der Waals surface area contributed by atoms with Crippen LogP contribution in [0.15, 0.2) is 24.4 Å². The summed E-state index contributed by atoms with van der Waals surface area (Å²) < 4.78 is 14.8. The van der Waals surface area contributed by atoms with Crippen molar-refractivity contribution in [3.8, 4) is 5.69 Å². The van der Waals surface area contributed by atoms with Gasteiger partial charge in [0.15, 0.2) is 11.5 Å². The van der Waals surface area contributed by atoms with Crippen LogP contribution in [-0.4, -0.2) is 15.7 Å². The number of carbonyl (C=O) groups excluding carboxylic acids is 1. The molecule has 0 unspecified atom stereocenters. The largest absolute Gasteiger partial charge is 0.396 e. The molecule has 1 amide bonds. The van der Waals surface area contributed by atoms with Crippen LogP contribution in [0.4, 0.5) is 10.1 Å². The van der Waals surface area contributed by atoms with Gasteiger partial charge < -0.3 is 11.5 Å². The van der Waals surface area contributed by atoms with Gasteiger partial charge in [0, 0.05) is 0 Å². The lowest BCUT2D eigenvalue weighted by atomic mass is 10.3. The van der Waals surface area contributed by atoms with Gasteiger partial charge in [-0.25, -0.2) is 9.07 Å². The topological polar surface area (TPSA) is 86.9 Å². The zero-order valence-corrected chi connectivity index (χ0v) is 9.28. The molecule has 2 rings (SSSR count). The molecule has 88 valence electrons. The van der Waals surface area contributed by atoms with Gasteiger partial charge in [-0.05, 0) is 12.1 Å². The van der Waals surface area contributed by atoms with Crippen molar-refractivity contribution in [3.63, 3.8) is 0 Å². The highest BCUT2D eigenvalue weighted by molar-refractivity contribution is 6.30. The van der Waals surface area contributed by atoms with Crippen LogP contribution in [0.5, 0.6) is 0 Å². The summed E-state index contributed by atoms with van der Waals surface area (Å²) in [7, 11) is 0. The molecule has 0 radical (unpaired) electrons. The molecule has 0 bridgehead atoms. The summed E-state index contributed by atoms with van der Waals surface area (Å²) >= 11 is 5.63. The molecule has 0 aliphatic heterocycles. The average Bonchev–Trinajstić information content (AvgIpc) is 2.64. The summed E-state index contributed by atoms with van der Waals surface area (Å²) in [4.78, 5) is 11.0. The Hall–Kier alpha value is -2.08. The Kier molecular flexibility index (Phi) is 2.72. The Balaban J connectivity index is 2.58. The summed E-state index contributed by atoms with van der Waals surface area (Å²) in [5.74, 6) is -1.42. The lowest BCUT2D eigenvalue weighted by Gasteiger charge is -2.03. The highest BCUT2D eigenvalue weighted by atomic mass is 35.5. The van der Waals surface area contributed by atoms with Gasteiger partial charge in [-0.15, -0.1) is 0 Å². The van der Waals surface area contributed by atoms with Crippen LogP contribution in [0, 0.1) is 5.82 Å². The molecule has 0 fully saturated rings. The smallest absolute Gasteiger partial charge is 0.271 e. The Morgan fingerprint density at radius 3 is 2.76 bits per heavy atom. The van der Waals surface area contributed by atoms with E-state index < -0.39 is 11.7 Å². The lowest BCUT2D eigenvalue weighted by molar-refractivity contribution is 0.0996. The number of nitrogen functional groups attached to an aromatic ring is 1. The average molecular weight is 255 g/mol. The van der Waals surface area contributed by atoms with Gasteiger partial charge in [0.25, 0.3) is 5.91 Å². The minimum Gasteiger partial charge on any atom is -0.396 e. The van der Waals surface area contributed by atoms with Crippen LogP contribution in [0.2, 0.25) is 5.02 Å². The van der Waals surface area contributed by atoms with E-state index in [9.17, 15) is 9.18 Å². The third-order valence-electron chi connectivity index (χ3n) is 2.15. The second kappa shape index (κ2) is 4.06. The van der Waals surface area contributed by atoms with Gasteiger partial charge in [0.05, 0.1) is 16.9 Å². The number of carbonyl (C=O) groups is 1. The molecule has 5 nitrogen and oxygen atoms in total. The molecule has 1 heterocycles. The maximum absolute atomic E-state index is 13.7. The molecule has 4 N–H and O–H groups in total. The first kappa shape index (κ1) is 11.4. The molecule has 0 aliphatic rings. The molecule has 1 aromatic carbocycles. The van der Waals surface area contributed by atoms with E-state index in [0.717, 1.165) is 4.68 Å². The van der Waals surface area contributed by atoms with E-state index in [-0.39, 0.29) is 22.1 Å². The zero-order valence-electron chi connectivity index (χ0n) is 8.52. The van der Waals surface area contributed by atoms with Crippen LogP contribution in [0.3, 0.4) is 0 Å². The summed E-state index contributed by atoms with van der Waals surface area (Å²) in [5.41, 5.74) is 10.7. The van der Waals surface area contributed by atoms with E-state index in [4.69, 9.17) is 23.1 Å². The molecule has 0 aliphatic carbocycles. The molecular formula is C10H8ClFN4O. The van der Waals surface area contributed by atoms with Crippen molar-refractivity contribution in [2.75, 3.05) is 5.73 Å². The van der Waals surface area contributed by atoms with Crippen molar-refractivity contribution in [2.24, 2.45) is 5.73 Å². The molecule has 17 heavy (non-hydrogen) atoms. The first-order valence-electron chi connectivity index (χ1n) is 4.60. The van der Waals surface area contributed by atoms with Crippen LogP contribution in [0.25, 0.3) is 5.69 Å². The minimum atomic E-state index is -0.774. The maximum atomic E-state index is 13.7. The Morgan fingerprint density at radius 1 is 1.47 bits per heavy atom. The van der Waals surface area contributed by atoms with Crippen molar-refractivity contribution in [1.29, 1.82) is 0 Å². The first-order chi connectivity index (χ1) is 8.00. The number of nitrogens with zero attached hydrogens (tertiary/aromatic N) is 2. The molecule has 0 saturated carbocycles. The fourth-order valence-electron chi connectivity index (χ4n) is 1.37. The van der Waals surface area contributed by atoms with Crippen molar-refractivity contribution in [1.82, 2.24) is 9.78 Å². The molecule has 1 aromatic heterocycles. The van der Waals surface area contributed by atoms with E-state index in [2.05, 4.69) is 5.10 Å². The highest BCUT2D eigenvalue weighted by Crippen LogP contribution is 2.22. The van der Waals surface area contributed by atoms with Gasteiger partial charge >= 0.3 is 0 Å². The van der Waals surface area contributed by atoms with Gasteiger partial charge in [-0.3, -0.25) is 4.79 Å². The number of halogens is 2.